The van der Waals surface area contributed by atoms with E-state index < -0.39 is 5.97 Å². The molecule has 1 aromatic heterocycles. The van der Waals surface area contributed by atoms with Crippen LogP contribution in [0.1, 0.15) is 49.5 Å². The summed E-state index contributed by atoms with van der Waals surface area (Å²) in [6.07, 6.45) is 6.36. The van der Waals surface area contributed by atoms with Crippen molar-refractivity contribution < 1.29 is 19.2 Å². The maximum absolute atomic E-state index is 11.1. The molecule has 7 heteroatoms. The normalized spacial score (nSPS) is 28.8. The highest BCUT2D eigenvalue weighted by atomic mass is 16.5. The van der Waals surface area contributed by atoms with Crippen LogP contribution in [0, 0.1) is 5.92 Å². The molecule has 2 atom stereocenters. The van der Waals surface area contributed by atoms with E-state index in [9.17, 15) is 4.79 Å². The number of nitrogens with zero attached hydrogens (tertiary/aromatic N) is 3. The van der Waals surface area contributed by atoms with Gasteiger partial charge in [-0.05, 0) is 12.8 Å². The lowest BCUT2D eigenvalue weighted by atomic mass is 9.87. The number of ether oxygens (including phenoxy) is 1. The monoisotopic (exact) mass is 363 g/mol. The maximum atomic E-state index is 11.1. The van der Waals surface area contributed by atoms with Gasteiger partial charge >= 0.3 is 5.97 Å². The summed E-state index contributed by atoms with van der Waals surface area (Å²) in [5, 5.41) is 13.5. The Morgan fingerprint density at radius 2 is 2.04 bits per heavy atom. The van der Waals surface area contributed by atoms with Crippen molar-refractivity contribution in [3.63, 3.8) is 0 Å². The number of fused-ring (bicyclic) bond motifs is 3. The molecule has 1 saturated carbocycles. The molecular weight excluding hydrogens is 334 g/mol. The van der Waals surface area contributed by atoms with Crippen LogP contribution >= 0.6 is 0 Å². The van der Waals surface area contributed by atoms with E-state index in [2.05, 4.69) is 16.1 Å². The average Bonchev–Trinajstić information content (AvgIpc) is 2.91. The minimum atomic E-state index is -0.759. The van der Waals surface area contributed by atoms with E-state index in [4.69, 9.17) is 14.4 Å². The van der Waals surface area contributed by atoms with Crippen molar-refractivity contribution in [2.45, 2.75) is 50.6 Å². The second-order valence-electron chi connectivity index (χ2n) is 8.13. The molecule has 1 aromatic rings. The Balaban J connectivity index is 1.42. The molecule has 7 nitrogen and oxygen atoms in total. The van der Waals surface area contributed by atoms with Crippen molar-refractivity contribution in [2.75, 3.05) is 39.4 Å². The number of carboxylic acid groups (broad SMARTS) is 1. The number of carbonyl (C=O) groups is 1. The van der Waals surface area contributed by atoms with Gasteiger partial charge in [0.05, 0.1) is 32.0 Å². The van der Waals surface area contributed by atoms with E-state index in [1.165, 1.54) is 32.1 Å². The molecule has 1 aliphatic carbocycles. The SMILES string of the molecule is O=C(O)CN1C[C@@H]2COC[C@H](C1)N(Cc1cc(C3CCCCC3)no1)C2. The molecule has 4 rings (SSSR count). The number of carboxylic acids is 1. The zero-order chi connectivity index (χ0) is 17.9. The van der Waals surface area contributed by atoms with Crippen molar-refractivity contribution in [3.8, 4) is 0 Å². The Morgan fingerprint density at radius 1 is 1.19 bits per heavy atom. The second-order valence-corrected chi connectivity index (χ2v) is 8.13. The summed E-state index contributed by atoms with van der Waals surface area (Å²) in [6, 6.07) is 2.34. The summed E-state index contributed by atoms with van der Waals surface area (Å²) in [5.74, 6) is 1.05. The minimum Gasteiger partial charge on any atom is -0.480 e. The molecule has 2 aliphatic heterocycles. The molecular formula is C19H29N3O4. The van der Waals surface area contributed by atoms with Gasteiger partial charge in [-0.25, -0.2) is 0 Å². The molecule has 1 N–H and O–H groups in total. The third kappa shape index (κ3) is 4.27. The van der Waals surface area contributed by atoms with E-state index >= 15 is 0 Å². The smallest absolute Gasteiger partial charge is 0.317 e. The Labute approximate surface area is 154 Å². The van der Waals surface area contributed by atoms with E-state index in [1.807, 2.05) is 4.90 Å². The van der Waals surface area contributed by atoms with Crippen molar-refractivity contribution in [1.29, 1.82) is 0 Å². The van der Waals surface area contributed by atoms with Crippen LogP contribution in [0.3, 0.4) is 0 Å². The molecule has 2 bridgehead atoms. The lowest BCUT2D eigenvalue weighted by molar-refractivity contribution is -0.138. The summed E-state index contributed by atoms with van der Waals surface area (Å²) in [4.78, 5) is 15.6. The molecule has 144 valence electrons. The zero-order valence-electron chi connectivity index (χ0n) is 15.3. The molecule has 3 heterocycles. The van der Waals surface area contributed by atoms with Crippen molar-refractivity contribution >= 4 is 5.97 Å². The highest BCUT2D eigenvalue weighted by Crippen LogP contribution is 2.32. The van der Waals surface area contributed by atoms with Gasteiger partial charge in [0.2, 0.25) is 0 Å². The van der Waals surface area contributed by atoms with Crippen LogP contribution in [0.25, 0.3) is 0 Å². The van der Waals surface area contributed by atoms with Crippen LogP contribution < -0.4 is 0 Å². The first-order valence-corrected chi connectivity index (χ1v) is 9.89. The number of aliphatic carboxylic acids is 1. The molecule has 3 aliphatic rings. The zero-order valence-corrected chi connectivity index (χ0v) is 15.3. The highest BCUT2D eigenvalue weighted by molar-refractivity contribution is 5.69. The van der Waals surface area contributed by atoms with E-state index in [-0.39, 0.29) is 12.6 Å². The number of hydrogen-bond acceptors (Lipinski definition) is 6. The standard InChI is InChI=1S/C19H29N3O4/c23-19(24)11-21-7-14-8-22(16(9-21)13-25-12-14)10-17-6-18(20-26-17)15-4-2-1-3-5-15/h6,14-16H,1-5,7-13H2,(H,23,24)/t14-,16-/m0/s1. The van der Waals surface area contributed by atoms with Gasteiger partial charge in [-0.3, -0.25) is 14.6 Å². The molecule has 0 amide bonds. The van der Waals surface area contributed by atoms with Crippen LogP contribution in [0.2, 0.25) is 0 Å². The van der Waals surface area contributed by atoms with Gasteiger partial charge < -0.3 is 14.4 Å². The molecule has 0 aromatic carbocycles. The van der Waals surface area contributed by atoms with E-state index in [0.29, 0.717) is 25.0 Å². The lowest BCUT2D eigenvalue weighted by Crippen LogP contribution is -2.44. The van der Waals surface area contributed by atoms with Gasteiger partial charge in [-0.2, -0.15) is 0 Å². The van der Waals surface area contributed by atoms with Crippen LogP contribution in [-0.4, -0.2) is 71.5 Å². The third-order valence-corrected chi connectivity index (χ3v) is 5.98. The minimum absolute atomic E-state index is 0.106. The predicted molar refractivity (Wildman–Crippen MR) is 94.9 cm³/mol. The topological polar surface area (TPSA) is 79.0 Å². The Kier molecular flexibility index (Phi) is 5.57. The van der Waals surface area contributed by atoms with Crippen LogP contribution in [0.15, 0.2) is 10.6 Å². The van der Waals surface area contributed by atoms with Crippen LogP contribution in [0.5, 0.6) is 0 Å². The fraction of sp³-hybridized carbons (Fsp3) is 0.789. The summed E-state index contributed by atoms with van der Waals surface area (Å²) < 4.78 is 11.5. The lowest BCUT2D eigenvalue weighted by Gasteiger charge is -2.29. The van der Waals surface area contributed by atoms with Crippen LogP contribution in [-0.2, 0) is 16.1 Å². The fourth-order valence-corrected chi connectivity index (χ4v) is 4.73. The molecule has 0 spiro atoms. The number of hydrogen-bond donors (Lipinski definition) is 1. The van der Waals surface area contributed by atoms with E-state index in [1.54, 1.807) is 0 Å². The first kappa shape index (κ1) is 17.9. The summed E-state index contributed by atoms with van der Waals surface area (Å²) in [7, 11) is 0. The average molecular weight is 363 g/mol. The Bertz CT molecular complexity index is 614. The first-order valence-electron chi connectivity index (χ1n) is 9.89. The van der Waals surface area contributed by atoms with Gasteiger partial charge in [0, 0.05) is 43.6 Å². The molecule has 0 unspecified atom stereocenters. The molecule has 0 radical (unpaired) electrons. The summed E-state index contributed by atoms with van der Waals surface area (Å²) in [6.45, 7) is 4.61. The summed E-state index contributed by atoms with van der Waals surface area (Å²) in [5.41, 5.74) is 1.11. The highest BCUT2D eigenvalue weighted by Gasteiger charge is 2.34. The first-order chi connectivity index (χ1) is 12.7. The molecule has 3 fully saturated rings. The molecule has 26 heavy (non-hydrogen) atoms. The van der Waals surface area contributed by atoms with E-state index in [0.717, 1.165) is 37.6 Å². The predicted octanol–water partition coefficient (Wildman–Crippen LogP) is 1.94. The second kappa shape index (κ2) is 8.06. The third-order valence-electron chi connectivity index (χ3n) is 5.98. The van der Waals surface area contributed by atoms with Crippen molar-refractivity contribution in [2.24, 2.45) is 5.92 Å². The Morgan fingerprint density at radius 3 is 2.85 bits per heavy atom. The van der Waals surface area contributed by atoms with Crippen molar-refractivity contribution in [1.82, 2.24) is 15.0 Å². The maximum Gasteiger partial charge on any atom is 0.317 e. The van der Waals surface area contributed by atoms with Gasteiger partial charge in [0.1, 0.15) is 0 Å². The van der Waals surface area contributed by atoms with Crippen molar-refractivity contribution in [3.05, 3.63) is 17.5 Å². The van der Waals surface area contributed by atoms with Gasteiger partial charge in [0.15, 0.2) is 5.76 Å². The number of rotatable bonds is 5. The fourth-order valence-electron chi connectivity index (χ4n) is 4.73. The Hall–Kier alpha value is -1.44. The van der Waals surface area contributed by atoms with Gasteiger partial charge in [-0.1, -0.05) is 24.4 Å². The quantitative estimate of drug-likeness (QED) is 0.856. The van der Waals surface area contributed by atoms with Gasteiger partial charge in [0.25, 0.3) is 0 Å². The molecule has 2 saturated heterocycles. The van der Waals surface area contributed by atoms with Crippen LogP contribution in [0.4, 0.5) is 0 Å². The summed E-state index contributed by atoms with van der Waals surface area (Å²) >= 11 is 0. The van der Waals surface area contributed by atoms with Gasteiger partial charge in [-0.15, -0.1) is 0 Å². The largest absolute Gasteiger partial charge is 0.480 e. The number of aromatic nitrogens is 1.